The lowest BCUT2D eigenvalue weighted by Crippen LogP contribution is -2.43. The van der Waals surface area contributed by atoms with E-state index >= 15 is 0 Å². The molecule has 8 nitrogen and oxygen atoms in total. The second kappa shape index (κ2) is 5.79. The Balaban J connectivity index is 1.74. The minimum absolute atomic E-state index is 0.0298. The zero-order valence-electron chi connectivity index (χ0n) is 12.3. The number of carbonyl (C=O) groups excluding carboxylic acids is 3. The number of nitrogens with zero attached hydrogens (tertiary/aromatic N) is 2. The number of benzene rings is 1. The van der Waals surface area contributed by atoms with Crippen molar-refractivity contribution in [2.45, 2.75) is 31.7 Å². The number of nitro benzene ring substituents is 1. The van der Waals surface area contributed by atoms with E-state index in [1.54, 1.807) is 0 Å². The highest BCUT2D eigenvalue weighted by atomic mass is 16.6. The van der Waals surface area contributed by atoms with Crippen LogP contribution < -0.4 is 5.32 Å². The molecule has 0 aromatic heterocycles. The van der Waals surface area contributed by atoms with Crippen molar-refractivity contribution in [2.75, 3.05) is 6.54 Å². The molecule has 1 aromatic rings. The number of non-ortho nitro benzene ring substituents is 1. The van der Waals surface area contributed by atoms with E-state index in [4.69, 9.17) is 0 Å². The molecule has 23 heavy (non-hydrogen) atoms. The first-order valence-corrected chi connectivity index (χ1v) is 7.41. The van der Waals surface area contributed by atoms with Gasteiger partial charge in [-0.2, -0.15) is 0 Å². The van der Waals surface area contributed by atoms with E-state index in [1.807, 2.05) is 0 Å². The fourth-order valence-corrected chi connectivity index (χ4v) is 3.02. The lowest BCUT2D eigenvalue weighted by Gasteiger charge is -2.16. The molecule has 3 rings (SSSR count). The van der Waals surface area contributed by atoms with E-state index in [2.05, 4.69) is 5.32 Å². The minimum atomic E-state index is -0.671. The average Bonchev–Trinajstić information content (AvgIpc) is 3.10. The topological polar surface area (TPSA) is 110 Å². The highest BCUT2D eigenvalue weighted by Crippen LogP contribution is 2.26. The quantitative estimate of drug-likeness (QED) is 0.510. The van der Waals surface area contributed by atoms with Crippen molar-refractivity contribution >= 4 is 23.4 Å². The molecule has 1 aliphatic carbocycles. The standard InChI is InChI=1S/C15H15N3O5/c19-13(16-9-3-1-2-4-9)8-17-14(20)11-6-5-10(18(22)23)7-12(11)15(17)21/h5-7,9H,1-4,8H2,(H,16,19). The maximum atomic E-state index is 12.3. The summed E-state index contributed by atoms with van der Waals surface area (Å²) in [5.74, 6) is -1.65. The molecule has 0 saturated heterocycles. The number of hydrogen-bond donors (Lipinski definition) is 1. The Morgan fingerprint density at radius 1 is 1.22 bits per heavy atom. The highest BCUT2D eigenvalue weighted by molar-refractivity contribution is 6.22. The zero-order valence-corrected chi connectivity index (χ0v) is 12.3. The maximum absolute atomic E-state index is 12.3. The lowest BCUT2D eigenvalue weighted by atomic mass is 10.1. The number of rotatable bonds is 4. The summed E-state index contributed by atoms with van der Waals surface area (Å²) < 4.78 is 0. The van der Waals surface area contributed by atoms with E-state index in [0.29, 0.717) is 0 Å². The van der Waals surface area contributed by atoms with Gasteiger partial charge in [0.2, 0.25) is 5.91 Å². The summed E-state index contributed by atoms with van der Waals surface area (Å²) in [5.41, 5.74) is -0.200. The van der Waals surface area contributed by atoms with Gasteiger partial charge in [0.25, 0.3) is 17.5 Å². The van der Waals surface area contributed by atoms with Crippen LogP contribution in [0.25, 0.3) is 0 Å². The smallest absolute Gasteiger partial charge is 0.270 e. The zero-order chi connectivity index (χ0) is 16.6. The summed E-state index contributed by atoms with van der Waals surface area (Å²) >= 11 is 0. The number of hydrogen-bond acceptors (Lipinski definition) is 5. The van der Waals surface area contributed by atoms with Crippen LogP contribution in [0.1, 0.15) is 46.4 Å². The Morgan fingerprint density at radius 3 is 2.52 bits per heavy atom. The summed E-state index contributed by atoms with van der Waals surface area (Å²) in [5, 5.41) is 13.6. The molecule has 1 heterocycles. The fourth-order valence-electron chi connectivity index (χ4n) is 3.02. The first-order chi connectivity index (χ1) is 11.0. The molecular formula is C15H15N3O5. The van der Waals surface area contributed by atoms with Crippen LogP contribution in [0.5, 0.6) is 0 Å². The normalized spacial score (nSPS) is 17.5. The van der Waals surface area contributed by atoms with Crippen molar-refractivity contribution in [3.05, 3.63) is 39.4 Å². The number of nitrogens with one attached hydrogen (secondary N) is 1. The van der Waals surface area contributed by atoms with Crippen molar-refractivity contribution in [1.29, 1.82) is 0 Å². The number of nitro groups is 1. The van der Waals surface area contributed by atoms with Crippen molar-refractivity contribution in [1.82, 2.24) is 10.2 Å². The molecular weight excluding hydrogens is 302 g/mol. The van der Waals surface area contributed by atoms with Gasteiger partial charge in [-0.3, -0.25) is 29.4 Å². The third-order valence-corrected chi connectivity index (χ3v) is 4.19. The molecule has 3 amide bonds. The van der Waals surface area contributed by atoms with Crippen molar-refractivity contribution in [3.63, 3.8) is 0 Å². The molecule has 0 spiro atoms. The predicted octanol–water partition coefficient (Wildman–Crippen LogP) is 1.25. The Hall–Kier alpha value is -2.77. The van der Waals surface area contributed by atoms with Crippen LogP contribution in [-0.2, 0) is 4.79 Å². The Morgan fingerprint density at radius 2 is 1.87 bits per heavy atom. The Bertz CT molecular complexity index is 709. The molecule has 0 unspecified atom stereocenters. The molecule has 1 fully saturated rings. The summed E-state index contributed by atoms with van der Waals surface area (Å²) in [6.07, 6.45) is 3.92. The Labute approximate surface area is 131 Å². The monoisotopic (exact) mass is 317 g/mol. The van der Waals surface area contributed by atoms with E-state index in [0.717, 1.165) is 36.6 Å². The molecule has 1 saturated carbocycles. The lowest BCUT2D eigenvalue weighted by molar-refractivity contribution is -0.384. The van der Waals surface area contributed by atoms with Crippen LogP contribution >= 0.6 is 0 Å². The highest BCUT2D eigenvalue weighted by Gasteiger charge is 2.38. The SMILES string of the molecule is O=C(CN1C(=O)c2ccc([N+](=O)[O-])cc2C1=O)NC1CCCC1. The van der Waals surface area contributed by atoms with Gasteiger partial charge in [0.1, 0.15) is 6.54 Å². The number of amides is 3. The van der Waals surface area contributed by atoms with Crippen LogP contribution in [0, 0.1) is 10.1 Å². The molecule has 0 bridgehead atoms. The third-order valence-electron chi connectivity index (χ3n) is 4.19. The largest absolute Gasteiger partial charge is 0.352 e. The summed E-state index contributed by atoms with van der Waals surface area (Å²) in [6, 6.07) is 3.60. The van der Waals surface area contributed by atoms with Gasteiger partial charge in [0.05, 0.1) is 16.1 Å². The van der Waals surface area contributed by atoms with E-state index < -0.39 is 16.7 Å². The first kappa shape index (κ1) is 15.1. The van der Waals surface area contributed by atoms with E-state index in [9.17, 15) is 24.5 Å². The fraction of sp³-hybridized carbons (Fsp3) is 0.400. The molecule has 1 N–H and O–H groups in total. The van der Waals surface area contributed by atoms with Crippen LogP contribution in [-0.4, -0.2) is 40.1 Å². The van der Waals surface area contributed by atoms with Crippen molar-refractivity contribution < 1.29 is 19.3 Å². The molecule has 0 atom stereocenters. The van der Waals surface area contributed by atoms with Gasteiger partial charge in [0, 0.05) is 18.2 Å². The number of fused-ring (bicyclic) bond motifs is 1. The third kappa shape index (κ3) is 2.79. The van der Waals surface area contributed by atoms with Gasteiger partial charge in [-0.05, 0) is 18.9 Å². The van der Waals surface area contributed by atoms with Crippen LogP contribution in [0.3, 0.4) is 0 Å². The number of carbonyl (C=O) groups is 3. The predicted molar refractivity (Wildman–Crippen MR) is 78.9 cm³/mol. The molecule has 8 heteroatoms. The molecule has 120 valence electrons. The average molecular weight is 317 g/mol. The van der Waals surface area contributed by atoms with Crippen LogP contribution in [0.2, 0.25) is 0 Å². The first-order valence-electron chi connectivity index (χ1n) is 7.41. The van der Waals surface area contributed by atoms with Crippen LogP contribution in [0.15, 0.2) is 18.2 Å². The molecule has 1 aliphatic heterocycles. The molecule has 2 aliphatic rings. The van der Waals surface area contributed by atoms with Crippen molar-refractivity contribution in [3.8, 4) is 0 Å². The van der Waals surface area contributed by atoms with Gasteiger partial charge in [0.15, 0.2) is 0 Å². The van der Waals surface area contributed by atoms with Gasteiger partial charge >= 0.3 is 0 Å². The minimum Gasteiger partial charge on any atom is -0.352 e. The Kier molecular flexibility index (Phi) is 3.81. The van der Waals surface area contributed by atoms with E-state index in [-0.39, 0.29) is 35.3 Å². The maximum Gasteiger partial charge on any atom is 0.270 e. The van der Waals surface area contributed by atoms with Gasteiger partial charge in [-0.15, -0.1) is 0 Å². The second-order valence-electron chi connectivity index (χ2n) is 5.73. The summed E-state index contributed by atoms with van der Waals surface area (Å²) in [6.45, 7) is -0.364. The summed E-state index contributed by atoms with van der Waals surface area (Å²) in [4.78, 5) is 47.5. The molecule has 1 aromatic carbocycles. The second-order valence-corrected chi connectivity index (χ2v) is 5.73. The number of imide groups is 1. The van der Waals surface area contributed by atoms with Crippen LogP contribution in [0.4, 0.5) is 5.69 Å². The van der Waals surface area contributed by atoms with Crippen molar-refractivity contribution in [2.24, 2.45) is 0 Å². The summed E-state index contributed by atoms with van der Waals surface area (Å²) in [7, 11) is 0. The van der Waals surface area contributed by atoms with E-state index in [1.165, 1.54) is 12.1 Å². The molecule has 0 radical (unpaired) electrons. The van der Waals surface area contributed by atoms with Gasteiger partial charge < -0.3 is 5.32 Å². The van der Waals surface area contributed by atoms with Gasteiger partial charge in [-0.1, -0.05) is 12.8 Å². The van der Waals surface area contributed by atoms with Gasteiger partial charge in [-0.25, -0.2) is 0 Å².